The Labute approximate surface area is 90.0 Å². The molecule has 0 radical (unpaired) electrons. The van der Waals surface area contributed by atoms with Crippen molar-refractivity contribution < 1.29 is 9.53 Å². The van der Waals surface area contributed by atoms with Crippen molar-refractivity contribution in [2.24, 2.45) is 7.05 Å². The smallest absolute Gasteiger partial charge is 0.377 e. The maximum Gasteiger partial charge on any atom is 0.377 e. The minimum absolute atomic E-state index is 0.00592. The van der Waals surface area contributed by atoms with Gasteiger partial charge in [0.2, 0.25) is 0 Å². The molecule has 0 aliphatic carbocycles. The van der Waals surface area contributed by atoms with Crippen LogP contribution in [0.3, 0.4) is 0 Å². The van der Waals surface area contributed by atoms with Crippen LogP contribution in [0.2, 0.25) is 0 Å². The summed E-state index contributed by atoms with van der Waals surface area (Å²) in [6.07, 6.45) is 1.41. The number of rotatable bonds is 3. The van der Waals surface area contributed by atoms with Crippen LogP contribution >= 0.6 is 0 Å². The molecule has 0 N–H and O–H groups in total. The first-order valence-electron chi connectivity index (χ1n) is 4.39. The monoisotopic (exact) mass is 223 g/mol. The van der Waals surface area contributed by atoms with Gasteiger partial charge in [-0.15, -0.1) is 15.3 Å². The highest BCUT2D eigenvalue weighted by atomic mass is 16.5. The number of aryl methyl sites for hydroxylation is 1. The number of methoxy groups -OCH3 is 1. The van der Waals surface area contributed by atoms with E-state index >= 15 is 0 Å². The Morgan fingerprint density at radius 3 is 2.94 bits per heavy atom. The normalized spacial score (nSPS) is 10.4. The Morgan fingerprint density at radius 2 is 2.31 bits per heavy atom. The maximum atomic E-state index is 11.1. The zero-order valence-corrected chi connectivity index (χ0v) is 8.73. The summed E-state index contributed by atoms with van der Waals surface area (Å²) in [5, 5.41) is 15.3. The van der Waals surface area contributed by atoms with Gasteiger partial charge in [-0.05, 0) is 5.21 Å². The van der Waals surface area contributed by atoms with E-state index in [0.29, 0.717) is 12.4 Å². The Bertz CT molecular complexity index is 502. The molecule has 0 atom stereocenters. The van der Waals surface area contributed by atoms with Crippen molar-refractivity contribution in [3.8, 4) is 0 Å². The minimum atomic E-state index is -0.578. The summed E-state index contributed by atoms with van der Waals surface area (Å²) < 4.78 is 5.91. The van der Waals surface area contributed by atoms with Crippen molar-refractivity contribution in [3.63, 3.8) is 0 Å². The molecule has 0 aliphatic heterocycles. The fourth-order valence-electron chi connectivity index (χ4n) is 1.09. The van der Waals surface area contributed by atoms with Crippen molar-refractivity contribution in [1.29, 1.82) is 0 Å². The third-order valence-corrected chi connectivity index (χ3v) is 1.76. The van der Waals surface area contributed by atoms with Crippen LogP contribution in [0.15, 0.2) is 6.33 Å². The van der Waals surface area contributed by atoms with E-state index in [4.69, 9.17) is 0 Å². The fourth-order valence-corrected chi connectivity index (χ4v) is 1.09. The van der Waals surface area contributed by atoms with Crippen molar-refractivity contribution in [2.75, 3.05) is 7.11 Å². The second kappa shape index (κ2) is 4.04. The van der Waals surface area contributed by atoms with Gasteiger partial charge in [0.1, 0.15) is 12.9 Å². The van der Waals surface area contributed by atoms with Crippen molar-refractivity contribution in [3.05, 3.63) is 18.0 Å². The molecule has 0 spiro atoms. The SMILES string of the molecule is COC(=O)c1ncn(Cc2nnn(C)n2)n1. The average molecular weight is 223 g/mol. The van der Waals surface area contributed by atoms with Gasteiger partial charge in [-0.25, -0.2) is 14.5 Å². The molecule has 0 fully saturated rings. The molecule has 0 aromatic carbocycles. The Morgan fingerprint density at radius 1 is 1.50 bits per heavy atom. The fraction of sp³-hybridized carbons (Fsp3) is 0.429. The standard InChI is InChI=1S/C7H9N7O2/c1-13-10-5(9-12-13)3-14-4-8-6(11-14)7(15)16-2/h4H,3H2,1-2H3. The molecule has 9 heteroatoms. The van der Waals surface area contributed by atoms with Crippen molar-refractivity contribution in [2.45, 2.75) is 6.54 Å². The molecular formula is C7H9N7O2. The summed E-state index contributed by atoms with van der Waals surface area (Å²) in [7, 11) is 2.94. The molecule has 0 unspecified atom stereocenters. The Kier molecular flexibility index (Phi) is 2.58. The molecule has 0 saturated heterocycles. The number of aromatic nitrogens is 7. The molecule has 2 aromatic rings. The molecule has 2 heterocycles. The van der Waals surface area contributed by atoms with Crippen LogP contribution in [-0.2, 0) is 18.3 Å². The Hall–Kier alpha value is -2.32. The van der Waals surface area contributed by atoms with Gasteiger partial charge in [-0.2, -0.15) is 4.80 Å². The number of hydrogen-bond acceptors (Lipinski definition) is 7. The minimum Gasteiger partial charge on any atom is -0.463 e. The molecular weight excluding hydrogens is 214 g/mol. The van der Waals surface area contributed by atoms with Gasteiger partial charge in [-0.1, -0.05) is 0 Å². The lowest BCUT2D eigenvalue weighted by atomic mass is 10.6. The molecule has 84 valence electrons. The summed E-state index contributed by atoms with van der Waals surface area (Å²) in [5.74, 6) is -0.0824. The highest BCUT2D eigenvalue weighted by molar-refractivity contribution is 5.84. The number of carbonyl (C=O) groups excluding carboxylic acids is 1. The van der Waals surface area contributed by atoms with Crippen LogP contribution in [0.4, 0.5) is 0 Å². The molecule has 2 rings (SSSR count). The Balaban J connectivity index is 2.11. The van der Waals surface area contributed by atoms with Crippen LogP contribution in [0.1, 0.15) is 16.4 Å². The average Bonchev–Trinajstić information content (AvgIpc) is 2.87. The first-order valence-corrected chi connectivity index (χ1v) is 4.39. The van der Waals surface area contributed by atoms with Gasteiger partial charge in [0.15, 0.2) is 5.82 Å². The molecule has 0 bridgehead atoms. The van der Waals surface area contributed by atoms with E-state index in [1.807, 2.05) is 0 Å². The number of carbonyl (C=O) groups is 1. The highest BCUT2D eigenvalue weighted by Crippen LogP contribution is 1.95. The zero-order valence-electron chi connectivity index (χ0n) is 8.73. The van der Waals surface area contributed by atoms with Crippen LogP contribution in [0, 0.1) is 0 Å². The van der Waals surface area contributed by atoms with Crippen LogP contribution in [-0.4, -0.2) is 48.1 Å². The highest BCUT2D eigenvalue weighted by Gasteiger charge is 2.12. The van der Waals surface area contributed by atoms with Gasteiger partial charge in [0, 0.05) is 0 Å². The lowest BCUT2D eigenvalue weighted by Crippen LogP contribution is -2.07. The molecule has 0 aliphatic rings. The van der Waals surface area contributed by atoms with Crippen LogP contribution < -0.4 is 0 Å². The lowest BCUT2D eigenvalue weighted by Gasteiger charge is -1.93. The van der Waals surface area contributed by atoms with Gasteiger partial charge < -0.3 is 4.74 Å². The number of hydrogen-bond donors (Lipinski definition) is 0. The van der Waals surface area contributed by atoms with Crippen molar-refractivity contribution >= 4 is 5.97 Å². The maximum absolute atomic E-state index is 11.1. The first-order chi connectivity index (χ1) is 7.69. The zero-order chi connectivity index (χ0) is 11.5. The number of nitrogens with zero attached hydrogens (tertiary/aromatic N) is 7. The van der Waals surface area contributed by atoms with E-state index in [9.17, 15) is 4.79 Å². The predicted octanol–water partition coefficient (Wildman–Crippen LogP) is -1.36. The van der Waals surface area contributed by atoms with Gasteiger partial charge in [-0.3, -0.25) is 0 Å². The van der Waals surface area contributed by atoms with E-state index in [-0.39, 0.29) is 5.82 Å². The topological polar surface area (TPSA) is 101 Å². The van der Waals surface area contributed by atoms with Gasteiger partial charge in [0.25, 0.3) is 5.82 Å². The van der Waals surface area contributed by atoms with Crippen LogP contribution in [0.5, 0.6) is 0 Å². The summed E-state index contributed by atoms with van der Waals surface area (Å²) >= 11 is 0. The molecule has 9 nitrogen and oxygen atoms in total. The third-order valence-electron chi connectivity index (χ3n) is 1.76. The van der Waals surface area contributed by atoms with E-state index in [2.05, 4.69) is 30.2 Å². The lowest BCUT2D eigenvalue weighted by molar-refractivity contribution is 0.0586. The number of esters is 1. The quantitative estimate of drug-likeness (QED) is 0.592. The molecule has 16 heavy (non-hydrogen) atoms. The van der Waals surface area contributed by atoms with E-state index in [0.717, 1.165) is 0 Å². The first kappa shape index (κ1) is 10.2. The molecule has 2 aromatic heterocycles. The van der Waals surface area contributed by atoms with Gasteiger partial charge in [0.05, 0.1) is 14.2 Å². The second-order valence-corrected chi connectivity index (χ2v) is 2.95. The third kappa shape index (κ3) is 2.02. The van der Waals surface area contributed by atoms with Gasteiger partial charge >= 0.3 is 5.97 Å². The molecule has 0 saturated carbocycles. The summed E-state index contributed by atoms with van der Waals surface area (Å²) in [5.41, 5.74) is 0. The van der Waals surface area contributed by atoms with Crippen LogP contribution in [0.25, 0.3) is 0 Å². The largest absolute Gasteiger partial charge is 0.463 e. The summed E-state index contributed by atoms with van der Waals surface area (Å²) in [6.45, 7) is 0.303. The predicted molar refractivity (Wildman–Crippen MR) is 49.3 cm³/mol. The van der Waals surface area contributed by atoms with E-state index in [1.165, 1.54) is 22.9 Å². The number of ether oxygens (including phenoxy) is 1. The van der Waals surface area contributed by atoms with Crippen molar-refractivity contribution in [1.82, 2.24) is 35.0 Å². The molecule has 0 amide bonds. The summed E-state index contributed by atoms with van der Waals surface area (Å²) in [6, 6.07) is 0. The van der Waals surface area contributed by atoms with E-state index in [1.54, 1.807) is 7.05 Å². The second-order valence-electron chi connectivity index (χ2n) is 2.95. The summed E-state index contributed by atoms with van der Waals surface area (Å²) in [4.78, 5) is 16.2. The van der Waals surface area contributed by atoms with E-state index < -0.39 is 5.97 Å². The number of tetrazole rings is 1.